The van der Waals surface area contributed by atoms with Gasteiger partial charge in [-0.15, -0.1) is 0 Å². The minimum absolute atomic E-state index is 0.0192. The van der Waals surface area contributed by atoms with Crippen molar-refractivity contribution in [2.45, 2.75) is 25.4 Å². The lowest BCUT2D eigenvalue weighted by Gasteiger charge is -2.25. The van der Waals surface area contributed by atoms with Gasteiger partial charge in [-0.25, -0.2) is 0 Å². The fraction of sp³-hybridized carbons (Fsp3) is 0.267. The van der Waals surface area contributed by atoms with Gasteiger partial charge >= 0.3 is 5.97 Å². The number of amides is 1. The van der Waals surface area contributed by atoms with E-state index in [9.17, 15) is 14.4 Å². The lowest BCUT2D eigenvalue weighted by molar-refractivity contribution is -0.134. The summed E-state index contributed by atoms with van der Waals surface area (Å²) in [5.41, 5.74) is 2.77. The summed E-state index contributed by atoms with van der Waals surface area (Å²) in [5.74, 6) is -1.84. The molecule has 22 heavy (non-hydrogen) atoms. The molecule has 1 aromatic rings. The van der Waals surface area contributed by atoms with Gasteiger partial charge in [0.1, 0.15) is 5.57 Å². The van der Waals surface area contributed by atoms with Gasteiger partial charge in [0.2, 0.25) is 0 Å². The van der Waals surface area contributed by atoms with Gasteiger partial charge in [0, 0.05) is 5.69 Å². The van der Waals surface area contributed by atoms with E-state index < -0.39 is 16.5 Å². The van der Waals surface area contributed by atoms with Gasteiger partial charge in [-0.1, -0.05) is 29.6 Å². The van der Waals surface area contributed by atoms with E-state index >= 15 is 0 Å². The maximum Gasteiger partial charge on any atom is 0.327 e. The highest BCUT2D eigenvalue weighted by Gasteiger charge is 2.37. The van der Waals surface area contributed by atoms with Crippen molar-refractivity contribution in [2.75, 3.05) is 5.32 Å². The summed E-state index contributed by atoms with van der Waals surface area (Å²) in [6.07, 6.45) is 0. The van der Waals surface area contributed by atoms with Crippen LogP contribution in [0.1, 0.15) is 18.1 Å². The highest BCUT2D eigenvalue weighted by atomic mass is 32.3. The molecule has 2 N–H and O–H groups in total. The minimum atomic E-state index is -0.962. The first kappa shape index (κ1) is 16.6. The number of ketones is 1. The van der Waals surface area contributed by atoms with Crippen LogP contribution in [0.25, 0.3) is 0 Å². The van der Waals surface area contributed by atoms with E-state index in [4.69, 9.17) is 5.11 Å². The SMILES string of the molecule is CC(=O)C(C(=O)Nc1ccc(C)c(C)c1)=C1SC(C(=O)O)S1. The predicted molar refractivity (Wildman–Crippen MR) is 88.9 cm³/mol. The summed E-state index contributed by atoms with van der Waals surface area (Å²) in [7, 11) is 0. The Morgan fingerprint density at radius 1 is 1.14 bits per heavy atom. The van der Waals surface area contributed by atoms with Crippen LogP contribution in [0.2, 0.25) is 0 Å². The molecule has 1 aliphatic heterocycles. The zero-order valence-electron chi connectivity index (χ0n) is 12.3. The Bertz CT molecular complexity index is 689. The van der Waals surface area contributed by atoms with Gasteiger partial charge in [-0.05, 0) is 44.0 Å². The summed E-state index contributed by atoms with van der Waals surface area (Å²) in [4.78, 5) is 34.8. The quantitative estimate of drug-likeness (QED) is 0.499. The van der Waals surface area contributed by atoms with Crippen molar-refractivity contribution >= 4 is 46.9 Å². The van der Waals surface area contributed by atoms with Crippen molar-refractivity contribution in [3.05, 3.63) is 39.1 Å². The molecule has 1 fully saturated rings. The second kappa shape index (κ2) is 6.58. The van der Waals surface area contributed by atoms with E-state index in [0.29, 0.717) is 9.92 Å². The number of nitrogens with one attached hydrogen (secondary N) is 1. The third-order valence-electron chi connectivity index (χ3n) is 3.18. The van der Waals surface area contributed by atoms with E-state index in [2.05, 4.69) is 5.32 Å². The first-order chi connectivity index (χ1) is 10.3. The number of aryl methyl sites for hydroxylation is 2. The first-order valence-electron chi connectivity index (χ1n) is 6.49. The van der Waals surface area contributed by atoms with Crippen LogP contribution in [0.4, 0.5) is 5.69 Å². The molecule has 0 saturated carbocycles. The van der Waals surface area contributed by atoms with Crippen molar-refractivity contribution in [2.24, 2.45) is 0 Å². The van der Waals surface area contributed by atoms with Crippen LogP contribution in [0.3, 0.4) is 0 Å². The number of carboxylic acid groups (broad SMARTS) is 1. The Morgan fingerprint density at radius 2 is 1.77 bits per heavy atom. The third kappa shape index (κ3) is 3.53. The first-order valence-corrected chi connectivity index (χ1v) is 8.25. The molecule has 0 bridgehead atoms. The number of carbonyl (C=O) groups is 3. The number of carbonyl (C=O) groups excluding carboxylic acids is 2. The lowest BCUT2D eigenvalue weighted by atomic mass is 10.1. The Labute approximate surface area is 136 Å². The number of anilines is 1. The maximum absolute atomic E-state index is 12.3. The van der Waals surface area contributed by atoms with E-state index in [0.717, 1.165) is 34.7 Å². The zero-order valence-corrected chi connectivity index (χ0v) is 13.9. The topological polar surface area (TPSA) is 83.5 Å². The monoisotopic (exact) mass is 337 g/mol. The average molecular weight is 337 g/mol. The molecule has 2 rings (SSSR count). The van der Waals surface area contributed by atoms with Gasteiger partial charge in [0.05, 0.1) is 4.24 Å². The maximum atomic E-state index is 12.3. The Balaban J connectivity index is 2.18. The number of hydrogen-bond acceptors (Lipinski definition) is 5. The number of aliphatic carboxylic acids is 1. The van der Waals surface area contributed by atoms with Crippen molar-refractivity contribution in [1.82, 2.24) is 0 Å². The molecule has 1 aromatic carbocycles. The molecule has 1 heterocycles. The smallest absolute Gasteiger partial charge is 0.327 e. The van der Waals surface area contributed by atoms with Crippen LogP contribution in [-0.2, 0) is 14.4 Å². The third-order valence-corrected chi connectivity index (χ3v) is 6.00. The number of thioether (sulfide) groups is 2. The van der Waals surface area contributed by atoms with Crippen molar-refractivity contribution < 1.29 is 19.5 Å². The van der Waals surface area contributed by atoms with Crippen molar-refractivity contribution in [1.29, 1.82) is 0 Å². The molecular weight excluding hydrogens is 322 g/mol. The van der Waals surface area contributed by atoms with E-state index in [1.807, 2.05) is 26.0 Å². The lowest BCUT2D eigenvalue weighted by Crippen LogP contribution is -2.25. The second-order valence-electron chi connectivity index (χ2n) is 4.88. The zero-order chi connectivity index (χ0) is 16.4. The van der Waals surface area contributed by atoms with Crippen LogP contribution < -0.4 is 5.32 Å². The molecule has 5 nitrogen and oxygen atoms in total. The van der Waals surface area contributed by atoms with Gasteiger partial charge in [0.25, 0.3) is 5.91 Å². The number of hydrogen-bond donors (Lipinski definition) is 2. The molecule has 0 radical (unpaired) electrons. The Morgan fingerprint density at radius 3 is 2.27 bits per heavy atom. The highest BCUT2D eigenvalue weighted by molar-refractivity contribution is 8.39. The van der Waals surface area contributed by atoms with Crippen LogP contribution >= 0.6 is 23.5 Å². The van der Waals surface area contributed by atoms with Crippen LogP contribution in [0.5, 0.6) is 0 Å². The summed E-state index contributed by atoms with van der Waals surface area (Å²) < 4.78 is -0.194. The number of rotatable bonds is 4. The highest BCUT2D eigenvalue weighted by Crippen LogP contribution is 2.52. The largest absolute Gasteiger partial charge is 0.480 e. The van der Waals surface area contributed by atoms with Gasteiger partial charge in [0.15, 0.2) is 10.4 Å². The summed E-state index contributed by atoms with van der Waals surface area (Å²) >= 11 is 2.05. The van der Waals surface area contributed by atoms with Crippen molar-refractivity contribution in [3.8, 4) is 0 Å². The molecule has 1 saturated heterocycles. The Kier molecular flexibility index (Phi) is 4.97. The average Bonchev–Trinajstić information content (AvgIpc) is 2.36. The van der Waals surface area contributed by atoms with Gasteiger partial charge in [-0.2, -0.15) is 0 Å². The molecule has 7 heteroatoms. The minimum Gasteiger partial charge on any atom is -0.480 e. The summed E-state index contributed by atoms with van der Waals surface area (Å²) in [6, 6.07) is 5.49. The van der Waals surface area contributed by atoms with Crippen molar-refractivity contribution in [3.63, 3.8) is 0 Å². The van der Waals surface area contributed by atoms with E-state index in [1.54, 1.807) is 6.07 Å². The molecule has 0 aromatic heterocycles. The molecule has 1 aliphatic rings. The fourth-order valence-electron chi connectivity index (χ4n) is 1.83. The van der Waals surface area contributed by atoms with Crippen LogP contribution in [0.15, 0.2) is 28.0 Å². The summed E-state index contributed by atoms with van der Waals surface area (Å²) in [6.45, 7) is 5.21. The molecular formula is C15H15NO4S2. The van der Waals surface area contributed by atoms with Crippen LogP contribution in [0, 0.1) is 13.8 Å². The molecule has 0 spiro atoms. The van der Waals surface area contributed by atoms with Gasteiger partial charge < -0.3 is 10.4 Å². The number of carboxylic acids is 1. The van der Waals surface area contributed by atoms with E-state index in [1.165, 1.54) is 6.92 Å². The second-order valence-corrected chi connectivity index (χ2v) is 7.67. The van der Waals surface area contributed by atoms with Crippen LogP contribution in [-0.4, -0.2) is 27.3 Å². The molecule has 0 atom stereocenters. The predicted octanol–water partition coefficient (Wildman–Crippen LogP) is 2.93. The Hall–Kier alpha value is -1.73. The fourth-order valence-corrected chi connectivity index (χ4v) is 4.01. The molecule has 0 unspecified atom stereocenters. The molecule has 0 aliphatic carbocycles. The number of benzene rings is 1. The summed E-state index contributed by atoms with van der Waals surface area (Å²) in [5, 5.41) is 11.5. The molecule has 116 valence electrons. The van der Waals surface area contributed by atoms with E-state index in [-0.39, 0.29) is 11.4 Å². The molecule has 1 amide bonds. The normalized spacial score (nSPS) is 16.7. The number of Topliss-reactive ketones (excluding diaryl/α,β-unsaturated/α-hetero) is 1. The van der Waals surface area contributed by atoms with Gasteiger partial charge in [-0.3, -0.25) is 14.4 Å². The standard InChI is InChI=1S/C15H15NO4S2/c1-7-4-5-10(6-8(7)2)16-12(18)11(9(3)17)14-21-15(22-14)13(19)20/h4-6,15H,1-3H3,(H,16,18)(H,19,20).